The number of carboxylic acid groups (broad SMARTS) is 1. The predicted octanol–water partition coefficient (Wildman–Crippen LogP) is 1.60. The lowest BCUT2D eigenvalue weighted by Gasteiger charge is -2.24. The van der Waals surface area contributed by atoms with Crippen molar-refractivity contribution in [3.63, 3.8) is 0 Å². The van der Waals surface area contributed by atoms with E-state index in [4.69, 9.17) is 5.11 Å². The lowest BCUT2D eigenvalue weighted by Crippen LogP contribution is -2.47. The first-order chi connectivity index (χ1) is 8.68. The number of nitrogens with one attached hydrogen (secondary N) is 1. The molecule has 5 nitrogen and oxygen atoms in total. The second-order valence-corrected chi connectivity index (χ2v) is 5.03. The molecule has 2 rings (SSSR count). The van der Waals surface area contributed by atoms with E-state index in [2.05, 4.69) is 17.5 Å². The van der Waals surface area contributed by atoms with Gasteiger partial charge in [0.25, 0.3) is 0 Å². The second-order valence-electron chi connectivity index (χ2n) is 5.03. The van der Waals surface area contributed by atoms with Crippen LogP contribution in [0.4, 0.5) is 4.79 Å². The molecule has 5 heteroatoms. The van der Waals surface area contributed by atoms with Crippen LogP contribution in [0.2, 0.25) is 0 Å². The minimum absolute atomic E-state index is 0.227. The average Bonchev–Trinajstić information content (AvgIpc) is 2.86. The Labute approximate surface area is 107 Å². The summed E-state index contributed by atoms with van der Waals surface area (Å²) in [6, 6.07) is -0.870. The summed E-state index contributed by atoms with van der Waals surface area (Å²) in [6.45, 7) is 1.19. The van der Waals surface area contributed by atoms with E-state index >= 15 is 0 Å². The number of amides is 2. The van der Waals surface area contributed by atoms with Gasteiger partial charge < -0.3 is 15.3 Å². The van der Waals surface area contributed by atoms with Crippen molar-refractivity contribution in [2.45, 2.75) is 38.1 Å². The molecule has 1 aliphatic heterocycles. The fraction of sp³-hybridized carbons (Fsp3) is 0.692. The molecule has 18 heavy (non-hydrogen) atoms. The molecule has 1 aliphatic carbocycles. The lowest BCUT2D eigenvalue weighted by molar-refractivity contribution is -0.141. The zero-order chi connectivity index (χ0) is 13.0. The number of carbonyl (C=O) groups excluding carboxylic acids is 1. The molecular weight excluding hydrogens is 232 g/mol. The van der Waals surface area contributed by atoms with Crippen LogP contribution in [-0.2, 0) is 4.79 Å². The largest absolute Gasteiger partial charge is 0.480 e. The van der Waals surface area contributed by atoms with E-state index in [1.807, 2.05) is 0 Å². The molecule has 1 fully saturated rings. The Morgan fingerprint density at radius 3 is 2.83 bits per heavy atom. The average molecular weight is 252 g/mol. The fourth-order valence-corrected chi connectivity index (χ4v) is 2.64. The molecule has 1 unspecified atom stereocenters. The highest BCUT2D eigenvalue weighted by Gasteiger charge is 2.33. The highest BCUT2D eigenvalue weighted by atomic mass is 16.4. The van der Waals surface area contributed by atoms with Gasteiger partial charge in [-0.2, -0.15) is 0 Å². The first-order valence-corrected chi connectivity index (χ1v) is 6.60. The van der Waals surface area contributed by atoms with Crippen molar-refractivity contribution < 1.29 is 14.7 Å². The normalized spacial score (nSPS) is 27.2. The fourth-order valence-electron chi connectivity index (χ4n) is 2.64. The molecule has 2 N–H and O–H groups in total. The summed E-state index contributed by atoms with van der Waals surface area (Å²) < 4.78 is 0. The maximum absolute atomic E-state index is 11.9. The molecule has 0 spiro atoms. The molecule has 0 radical (unpaired) electrons. The Hall–Kier alpha value is -1.52. The molecule has 100 valence electrons. The number of carbonyl (C=O) groups is 2. The number of likely N-dealkylation sites (tertiary alicyclic amines) is 1. The molecule has 2 aliphatic rings. The van der Waals surface area contributed by atoms with Crippen LogP contribution in [0, 0.1) is 5.92 Å². The third-order valence-corrected chi connectivity index (χ3v) is 3.72. The van der Waals surface area contributed by atoms with Gasteiger partial charge >= 0.3 is 12.0 Å². The van der Waals surface area contributed by atoms with Gasteiger partial charge in [-0.3, -0.25) is 0 Å². The lowest BCUT2D eigenvalue weighted by atomic mass is 9.94. The van der Waals surface area contributed by atoms with Crippen LogP contribution in [-0.4, -0.2) is 41.1 Å². The molecule has 1 saturated heterocycles. The number of hydrogen-bond donors (Lipinski definition) is 2. The molecule has 0 aromatic carbocycles. The van der Waals surface area contributed by atoms with Crippen LogP contribution in [0.3, 0.4) is 0 Å². The van der Waals surface area contributed by atoms with Crippen molar-refractivity contribution in [2.75, 3.05) is 13.1 Å². The number of aliphatic carboxylic acids is 1. The van der Waals surface area contributed by atoms with Crippen molar-refractivity contribution in [3.05, 3.63) is 12.2 Å². The maximum atomic E-state index is 11.9. The molecular formula is C13H20N2O3. The number of urea groups is 1. The van der Waals surface area contributed by atoms with Crippen molar-refractivity contribution in [2.24, 2.45) is 5.92 Å². The van der Waals surface area contributed by atoms with E-state index in [0.29, 0.717) is 25.4 Å². The summed E-state index contributed by atoms with van der Waals surface area (Å²) in [6.07, 6.45) is 8.82. The number of hydrogen-bond acceptors (Lipinski definition) is 2. The van der Waals surface area contributed by atoms with Crippen LogP contribution < -0.4 is 5.32 Å². The summed E-state index contributed by atoms with van der Waals surface area (Å²) in [4.78, 5) is 24.4. The van der Waals surface area contributed by atoms with E-state index in [-0.39, 0.29) is 6.03 Å². The zero-order valence-electron chi connectivity index (χ0n) is 10.5. The van der Waals surface area contributed by atoms with Crippen molar-refractivity contribution in [1.82, 2.24) is 10.2 Å². The first-order valence-electron chi connectivity index (χ1n) is 6.60. The Balaban J connectivity index is 1.80. The van der Waals surface area contributed by atoms with E-state index in [0.717, 1.165) is 25.7 Å². The molecule has 0 aromatic rings. The monoisotopic (exact) mass is 252 g/mol. The third-order valence-electron chi connectivity index (χ3n) is 3.72. The topological polar surface area (TPSA) is 69.6 Å². The Morgan fingerprint density at radius 1 is 1.33 bits per heavy atom. The number of nitrogens with zero attached hydrogens (tertiary/aromatic N) is 1. The van der Waals surface area contributed by atoms with Gasteiger partial charge in [-0.25, -0.2) is 9.59 Å². The predicted molar refractivity (Wildman–Crippen MR) is 67.2 cm³/mol. The molecule has 2 amide bonds. The van der Waals surface area contributed by atoms with Gasteiger partial charge in [0.1, 0.15) is 6.04 Å². The quantitative estimate of drug-likeness (QED) is 0.750. The van der Waals surface area contributed by atoms with Gasteiger partial charge in [-0.05, 0) is 38.0 Å². The summed E-state index contributed by atoms with van der Waals surface area (Å²) >= 11 is 0. The van der Waals surface area contributed by atoms with Gasteiger partial charge in [-0.1, -0.05) is 12.2 Å². The van der Waals surface area contributed by atoms with Crippen LogP contribution >= 0.6 is 0 Å². The van der Waals surface area contributed by atoms with Gasteiger partial charge in [0, 0.05) is 13.1 Å². The van der Waals surface area contributed by atoms with Gasteiger partial charge in [0.2, 0.25) is 0 Å². The summed E-state index contributed by atoms with van der Waals surface area (Å²) in [7, 11) is 0. The van der Waals surface area contributed by atoms with Gasteiger partial charge in [-0.15, -0.1) is 0 Å². The Morgan fingerprint density at radius 2 is 2.17 bits per heavy atom. The van der Waals surface area contributed by atoms with Crippen LogP contribution in [0.1, 0.15) is 32.1 Å². The standard InChI is InChI=1S/C13H20N2O3/c16-12(17)11-7-4-8-15(11)13(18)14-9-10-5-2-1-3-6-10/h1-2,10-11H,3-9H2,(H,14,18)(H,16,17)/t10?,11-/m1/s1. The molecule has 0 saturated carbocycles. The van der Waals surface area contributed by atoms with Gasteiger partial charge in [0.15, 0.2) is 0 Å². The van der Waals surface area contributed by atoms with Gasteiger partial charge in [0.05, 0.1) is 0 Å². The van der Waals surface area contributed by atoms with Crippen molar-refractivity contribution in [3.8, 4) is 0 Å². The summed E-state index contributed by atoms with van der Waals surface area (Å²) in [5.41, 5.74) is 0. The van der Waals surface area contributed by atoms with E-state index in [9.17, 15) is 9.59 Å². The molecule has 2 atom stereocenters. The molecule has 0 bridgehead atoms. The number of carboxylic acids is 1. The highest BCUT2D eigenvalue weighted by Crippen LogP contribution is 2.19. The van der Waals surface area contributed by atoms with E-state index < -0.39 is 12.0 Å². The van der Waals surface area contributed by atoms with E-state index in [1.54, 1.807) is 0 Å². The Kier molecular flexibility index (Phi) is 4.23. The highest BCUT2D eigenvalue weighted by molar-refractivity contribution is 5.83. The number of rotatable bonds is 3. The SMILES string of the molecule is O=C(O)[C@H]1CCCN1C(=O)NCC1CC=CCC1. The Bertz CT molecular complexity index is 354. The third kappa shape index (κ3) is 3.03. The summed E-state index contributed by atoms with van der Waals surface area (Å²) in [5.74, 6) is -0.409. The van der Waals surface area contributed by atoms with Crippen molar-refractivity contribution >= 4 is 12.0 Å². The summed E-state index contributed by atoms with van der Waals surface area (Å²) in [5, 5.41) is 11.9. The minimum Gasteiger partial charge on any atom is -0.480 e. The zero-order valence-corrected chi connectivity index (χ0v) is 10.5. The van der Waals surface area contributed by atoms with Crippen LogP contribution in [0.5, 0.6) is 0 Å². The minimum atomic E-state index is -0.900. The van der Waals surface area contributed by atoms with Crippen LogP contribution in [0.15, 0.2) is 12.2 Å². The van der Waals surface area contributed by atoms with E-state index in [1.165, 1.54) is 4.90 Å². The second kappa shape index (κ2) is 5.89. The molecule has 0 aromatic heterocycles. The number of allylic oxidation sites excluding steroid dienone is 2. The first kappa shape index (κ1) is 12.9. The maximum Gasteiger partial charge on any atom is 0.326 e. The molecule has 1 heterocycles. The van der Waals surface area contributed by atoms with Crippen LogP contribution in [0.25, 0.3) is 0 Å². The smallest absolute Gasteiger partial charge is 0.326 e. The van der Waals surface area contributed by atoms with Crippen molar-refractivity contribution in [1.29, 1.82) is 0 Å².